The number of nitrogens with zero attached hydrogens (tertiary/aromatic N) is 3. The molecule has 24 heavy (non-hydrogen) atoms. The monoisotopic (exact) mass is 446 g/mol. The Morgan fingerprint density at radius 2 is 1.88 bits per heavy atom. The number of aliphatic imine (C=N–C) groups is 1. The molecule has 0 bridgehead atoms. The zero-order valence-corrected chi connectivity index (χ0v) is 16.0. The van der Waals surface area contributed by atoms with E-state index in [0.29, 0.717) is 19.1 Å². The first-order chi connectivity index (χ1) is 11.2. The molecule has 1 saturated heterocycles. The Balaban J connectivity index is 0.00000208. The molecule has 2 aliphatic rings. The van der Waals surface area contributed by atoms with Crippen LogP contribution in [0.15, 0.2) is 40.9 Å². The Morgan fingerprint density at radius 1 is 1.17 bits per heavy atom. The molecule has 0 saturated carbocycles. The predicted molar refractivity (Wildman–Crippen MR) is 106 cm³/mol. The molecule has 0 atom stereocenters. The maximum Gasteiger partial charge on any atom is 0.191 e. The summed E-state index contributed by atoms with van der Waals surface area (Å²) in [7, 11) is 0. The largest absolute Gasteiger partial charge is 0.377 e. The summed E-state index contributed by atoms with van der Waals surface area (Å²) < 4.78 is 18.4. The number of benzene rings is 1. The van der Waals surface area contributed by atoms with E-state index in [1.807, 2.05) is 12.1 Å². The lowest BCUT2D eigenvalue weighted by Crippen LogP contribution is -2.51. The van der Waals surface area contributed by atoms with Crippen molar-refractivity contribution < 1.29 is 9.13 Å². The number of guanidine groups is 1. The van der Waals surface area contributed by atoms with E-state index in [1.165, 1.54) is 17.7 Å². The Morgan fingerprint density at radius 3 is 2.50 bits per heavy atom. The van der Waals surface area contributed by atoms with E-state index in [9.17, 15) is 4.39 Å². The lowest BCUT2D eigenvalue weighted by atomic mass is 10.2. The van der Waals surface area contributed by atoms with E-state index in [1.54, 1.807) is 0 Å². The molecular weight excluding hydrogens is 422 g/mol. The van der Waals surface area contributed by atoms with Gasteiger partial charge in [0.2, 0.25) is 0 Å². The lowest BCUT2D eigenvalue weighted by Gasteiger charge is -2.36. The molecule has 2 aliphatic heterocycles. The molecule has 0 aliphatic carbocycles. The van der Waals surface area contributed by atoms with Gasteiger partial charge in [0.05, 0.1) is 19.8 Å². The molecule has 132 valence electrons. The summed E-state index contributed by atoms with van der Waals surface area (Å²) in [5.74, 6) is 0.389. The summed E-state index contributed by atoms with van der Waals surface area (Å²) in [6.45, 7) is 5.43. The average Bonchev–Trinajstić information content (AvgIpc) is 2.61. The van der Waals surface area contributed by atoms with Crippen LogP contribution in [0.1, 0.15) is 6.42 Å². The van der Waals surface area contributed by atoms with Crippen molar-refractivity contribution in [3.8, 4) is 0 Å². The Bertz CT molecular complexity index is 583. The topological polar surface area (TPSA) is 54.1 Å². The molecule has 5 nitrogen and oxygen atoms in total. The molecule has 1 aromatic rings. The van der Waals surface area contributed by atoms with E-state index in [2.05, 4.69) is 20.9 Å². The Hall–Kier alpha value is -1.35. The molecule has 0 amide bonds. The third-order valence-corrected chi connectivity index (χ3v) is 4.22. The van der Waals surface area contributed by atoms with E-state index in [4.69, 9.17) is 10.5 Å². The second-order valence-electron chi connectivity index (χ2n) is 5.83. The lowest BCUT2D eigenvalue weighted by molar-refractivity contribution is 0.149. The minimum absolute atomic E-state index is 0. The van der Waals surface area contributed by atoms with Crippen LogP contribution in [0, 0.1) is 5.82 Å². The van der Waals surface area contributed by atoms with Gasteiger partial charge >= 0.3 is 0 Å². The number of hydrogen-bond donors (Lipinski definition) is 1. The first-order valence-electron chi connectivity index (χ1n) is 8.03. The zero-order chi connectivity index (χ0) is 16.1. The number of halogens is 2. The van der Waals surface area contributed by atoms with Crippen LogP contribution in [0.25, 0.3) is 0 Å². The van der Waals surface area contributed by atoms with Gasteiger partial charge in [0.15, 0.2) is 5.96 Å². The number of rotatable bonds is 3. The van der Waals surface area contributed by atoms with Crippen molar-refractivity contribution in [2.45, 2.75) is 6.42 Å². The van der Waals surface area contributed by atoms with Crippen molar-refractivity contribution in [1.82, 2.24) is 4.90 Å². The van der Waals surface area contributed by atoms with Crippen LogP contribution in [0.5, 0.6) is 0 Å². The van der Waals surface area contributed by atoms with E-state index >= 15 is 0 Å². The molecular formula is C17H24FIN4O. The molecule has 0 spiro atoms. The van der Waals surface area contributed by atoms with Gasteiger partial charge in [0, 0.05) is 31.9 Å². The van der Waals surface area contributed by atoms with Gasteiger partial charge in [-0.05, 0) is 36.3 Å². The van der Waals surface area contributed by atoms with Crippen LogP contribution >= 0.6 is 24.0 Å². The minimum atomic E-state index is -0.204. The van der Waals surface area contributed by atoms with E-state index in [0.717, 1.165) is 44.9 Å². The predicted octanol–water partition coefficient (Wildman–Crippen LogP) is 2.23. The standard InChI is InChI=1S/C17H23FN4O.HI/c18-15-3-5-16(6-4-15)21-7-9-22(10-8-21)17(19)20-12-14-2-1-11-23-13-14;/h2-6H,1,7-13H2,(H2,19,20);1H. The SMILES string of the molecule is I.NC(=NCC1=CCCOC1)N1CCN(c2ccc(F)cc2)CC1. The molecule has 0 aromatic heterocycles. The zero-order valence-electron chi connectivity index (χ0n) is 13.7. The van der Waals surface area contributed by atoms with Crippen LogP contribution in [0.4, 0.5) is 10.1 Å². The minimum Gasteiger partial charge on any atom is -0.377 e. The summed E-state index contributed by atoms with van der Waals surface area (Å²) in [5, 5.41) is 0. The fraction of sp³-hybridized carbons (Fsp3) is 0.471. The highest BCUT2D eigenvalue weighted by molar-refractivity contribution is 14.0. The van der Waals surface area contributed by atoms with Crippen LogP contribution in [0.2, 0.25) is 0 Å². The van der Waals surface area contributed by atoms with Crippen molar-refractivity contribution in [1.29, 1.82) is 0 Å². The fourth-order valence-corrected chi connectivity index (χ4v) is 2.85. The Kier molecular flexibility index (Phi) is 7.29. The first-order valence-corrected chi connectivity index (χ1v) is 8.03. The quantitative estimate of drug-likeness (QED) is 0.335. The van der Waals surface area contributed by atoms with Gasteiger partial charge in [-0.1, -0.05) is 6.08 Å². The van der Waals surface area contributed by atoms with E-state index in [-0.39, 0.29) is 29.8 Å². The second kappa shape index (κ2) is 9.22. The first kappa shape index (κ1) is 19.0. The molecule has 1 aromatic carbocycles. The van der Waals surface area contributed by atoms with Crippen molar-refractivity contribution in [2.75, 3.05) is 50.8 Å². The van der Waals surface area contributed by atoms with Gasteiger partial charge in [-0.3, -0.25) is 0 Å². The van der Waals surface area contributed by atoms with Gasteiger partial charge < -0.3 is 20.3 Å². The summed E-state index contributed by atoms with van der Waals surface area (Å²) in [5.41, 5.74) is 8.35. The summed E-state index contributed by atoms with van der Waals surface area (Å²) >= 11 is 0. The summed E-state index contributed by atoms with van der Waals surface area (Å²) in [6.07, 6.45) is 3.15. The van der Waals surface area contributed by atoms with Crippen molar-refractivity contribution in [2.24, 2.45) is 10.7 Å². The van der Waals surface area contributed by atoms with Gasteiger partial charge in [0.1, 0.15) is 5.82 Å². The molecule has 2 N–H and O–H groups in total. The van der Waals surface area contributed by atoms with E-state index < -0.39 is 0 Å². The second-order valence-corrected chi connectivity index (χ2v) is 5.83. The van der Waals surface area contributed by atoms with Gasteiger partial charge in [-0.15, -0.1) is 24.0 Å². The maximum atomic E-state index is 13.0. The summed E-state index contributed by atoms with van der Waals surface area (Å²) in [4.78, 5) is 8.82. The smallest absolute Gasteiger partial charge is 0.191 e. The highest BCUT2D eigenvalue weighted by atomic mass is 127. The van der Waals surface area contributed by atoms with Gasteiger partial charge in [0.25, 0.3) is 0 Å². The van der Waals surface area contributed by atoms with Gasteiger partial charge in [-0.25, -0.2) is 9.38 Å². The van der Waals surface area contributed by atoms with Crippen LogP contribution in [0.3, 0.4) is 0 Å². The van der Waals surface area contributed by atoms with Crippen molar-refractivity contribution in [3.05, 3.63) is 41.7 Å². The normalized spacial score (nSPS) is 18.9. The molecule has 3 rings (SSSR count). The molecule has 1 fully saturated rings. The fourth-order valence-electron chi connectivity index (χ4n) is 2.85. The molecule has 0 unspecified atom stereocenters. The maximum absolute atomic E-state index is 13.0. The highest BCUT2D eigenvalue weighted by Gasteiger charge is 2.18. The number of ether oxygens (including phenoxy) is 1. The average molecular weight is 446 g/mol. The molecule has 0 radical (unpaired) electrons. The van der Waals surface area contributed by atoms with Crippen LogP contribution in [-0.2, 0) is 4.74 Å². The number of anilines is 1. The summed E-state index contributed by atoms with van der Waals surface area (Å²) in [6, 6.07) is 6.63. The molecule has 2 heterocycles. The third-order valence-electron chi connectivity index (χ3n) is 4.22. The highest BCUT2D eigenvalue weighted by Crippen LogP contribution is 2.16. The van der Waals surface area contributed by atoms with Crippen LogP contribution < -0.4 is 10.6 Å². The number of hydrogen-bond acceptors (Lipinski definition) is 3. The molecule has 7 heteroatoms. The van der Waals surface area contributed by atoms with Crippen molar-refractivity contribution >= 4 is 35.6 Å². The van der Waals surface area contributed by atoms with Crippen molar-refractivity contribution in [3.63, 3.8) is 0 Å². The number of nitrogens with two attached hydrogens (primary N) is 1. The van der Waals surface area contributed by atoms with Gasteiger partial charge in [-0.2, -0.15) is 0 Å². The third kappa shape index (κ3) is 5.07. The Labute approximate surface area is 159 Å². The van der Waals surface area contributed by atoms with Crippen LogP contribution in [-0.4, -0.2) is 56.8 Å². The number of piperazine rings is 1.